The summed E-state index contributed by atoms with van der Waals surface area (Å²) >= 11 is 0. The van der Waals surface area contributed by atoms with E-state index < -0.39 is 17.4 Å². The zero-order valence-electron chi connectivity index (χ0n) is 19.9. The number of aliphatic imine (C=N–C) groups is 1. The van der Waals surface area contributed by atoms with Crippen LogP contribution in [-0.2, 0) is 15.8 Å². The first-order valence-electron chi connectivity index (χ1n) is 12.1. The number of piperidine rings is 1. The second kappa shape index (κ2) is 9.68. The molecule has 4 rings (SSSR count). The van der Waals surface area contributed by atoms with Crippen LogP contribution in [0.15, 0.2) is 29.3 Å². The fourth-order valence-corrected chi connectivity index (χ4v) is 5.55. The zero-order chi connectivity index (χ0) is 24.5. The van der Waals surface area contributed by atoms with E-state index in [2.05, 4.69) is 4.90 Å². The molecule has 0 N–H and O–H groups in total. The highest BCUT2D eigenvalue weighted by Gasteiger charge is 2.48. The van der Waals surface area contributed by atoms with E-state index in [9.17, 15) is 22.8 Å². The van der Waals surface area contributed by atoms with Gasteiger partial charge in [0.25, 0.3) is 5.91 Å². The Bertz CT molecular complexity index is 936. The van der Waals surface area contributed by atoms with Gasteiger partial charge < -0.3 is 14.7 Å². The van der Waals surface area contributed by atoms with Crippen molar-refractivity contribution in [3.05, 3.63) is 35.4 Å². The summed E-state index contributed by atoms with van der Waals surface area (Å²) in [4.78, 5) is 37.2. The second-order valence-electron chi connectivity index (χ2n) is 10.1. The Kier molecular flexibility index (Phi) is 7.03. The normalized spacial score (nSPS) is 23.1. The van der Waals surface area contributed by atoms with Crippen LogP contribution in [0.2, 0.25) is 0 Å². The Morgan fingerprint density at radius 2 is 1.79 bits per heavy atom. The summed E-state index contributed by atoms with van der Waals surface area (Å²) in [5.41, 5.74) is -1.02. The molecule has 1 atom stereocenters. The standard InChI is InChI=1S/C25H33F3N4O2/c1-30(2)15-18-7-6-14-31(16-18)21(33)17-32-23(34)22(29-24(32)12-4-3-5-13-24)19-8-10-20(11-9-19)25(26,27)28/h8-11,18H,3-7,12-17H2,1-2H3. The van der Waals surface area contributed by atoms with Crippen LogP contribution in [0.25, 0.3) is 0 Å². The van der Waals surface area contributed by atoms with Crippen molar-refractivity contribution >= 4 is 17.5 Å². The van der Waals surface area contributed by atoms with Crippen LogP contribution in [0.1, 0.15) is 56.1 Å². The van der Waals surface area contributed by atoms with E-state index >= 15 is 0 Å². The van der Waals surface area contributed by atoms with Crippen molar-refractivity contribution in [2.45, 2.75) is 56.8 Å². The molecule has 0 aromatic heterocycles. The number of amides is 2. The maximum absolute atomic E-state index is 13.5. The number of carbonyl (C=O) groups excluding carboxylic acids is 2. The molecule has 0 radical (unpaired) electrons. The first kappa shape index (κ1) is 24.7. The minimum Gasteiger partial charge on any atom is -0.341 e. The summed E-state index contributed by atoms with van der Waals surface area (Å²) in [6.45, 7) is 2.24. The van der Waals surface area contributed by atoms with Crippen molar-refractivity contribution in [2.75, 3.05) is 40.3 Å². The van der Waals surface area contributed by atoms with Gasteiger partial charge in [0.2, 0.25) is 5.91 Å². The van der Waals surface area contributed by atoms with Crippen LogP contribution >= 0.6 is 0 Å². The van der Waals surface area contributed by atoms with Crippen molar-refractivity contribution in [1.29, 1.82) is 0 Å². The molecule has 34 heavy (non-hydrogen) atoms. The van der Waals surface area contributed by atoms with E-state index in [1.54, 1.807) is 4.90 Å². The van der Waals surface area contributed by atoms with E-state index in [-0.39, 0.29) is 24.1 Å². The molecule has 2 aliphatic heterocycles. The lowest BCUT2D eigenvalue weighted by Gasteiger charge is -2.40. The Hall–Kier alpha value is -2.42. The smallest absolute Gasteiger partial charge is 0.341 e. The number of nitrogens with zero attached hydrogens (tertiary/aromatic N) is 4. The molecule has 2 amide bonds. The van der Waals surface area contributed by atoms with Crippen molar-refractivity contribution in [3.63, 3.8) is 0 Å². The monoisotopic (exact) mass is 478 g/mol. The van der Waals surface area contributed by atoms with Crippen LogP contribution in [0.3, 0.4) is 0 Å². The van der Waals surface area contributed by atoms with Gasteiger partial charge in [0, 0.05) is 25.2 Å². The summed E-state index contributed by atoms with van der Waals surface area (Å²) in [5.74, 6) is -0.0351. The van der Waals surface area contributed by atoms with Gasteiger partial charge >= 0.3 is 6.18 Å². The van der Waals surface area contributed by atoms with Crippen molar-refractivity contribution < 1.29 is 22.8 Å². The lowest BCUT2D eigenvalue weighted by atomic mass is 9.88. The number of rotatable bonds is 5. The largest absolute Gasteiger partial charge is 0.416 e. The fourth-order valence-electron chi connectivity index (χ4n) is 5.55. The third-order valence-electron chi connectivity index (χ3n) is 7.20. The Morgan fingerprint density at radius 3 is 2.41 bits per heavy atom. The third-order valence-corrected chi connectivity index (χ3v) is 7.20. The molecule has 1 unspecified atom stereocenters. The number of benzene rings is 1. The number of likely N-dealkylation sites (tertiary alicyclic amines) is 1. The number of hydrogen-bond donors (Lipinski definition) is 0. The molecule has 2 heterocycles. The summed E-state index contributed by atoms with van der Waals surface area (Å²) < 4.78 is 39.0. The van der Waals surface area contributed by atoms with Gasteiger partial charge in [-0.25, -0.2) is 0 Å². The van der Waals surface area contributed by atoms with Crippen LogP contribution in [0.4, 0.5) is 13.2 Å². The molecule has 2 fully saturated rings. The molecule has 186 valence electrons. The van der Waals surface area contributed by atoms with Crippen molar-refractivity contribution in [2.24, 2.45) is 10.9 Å². The average Bonchev–Trinajstić information content (AvgIpc) is 3.05. The quantitative estimate of drug-likeness (QED) is 0.647. The molecule has 1 saturated heterocycles. The first-order chi connectivity index (χ1) is 16.1. The summed E-state index contributed by atoms with van der Waals surface area (Å²) in [5, 5.41) is 0. The average molecular weight is 479 g/mol. The first-order valence-corrected chi connectivity index (χ1v) is 12.1. The van der Waals surface area contributed by atoms with E-state index in [4.69, 9.17) is 4.99 Å². The Labute approximate surface area is 198 Å². The van der Waals surface area contributed by atoms with Crippen molar-refractivity contribution in [3.8, 4) is 0 Å². The summed E-state index contributed by atoms with van der Waals surface area (Å²) in [6.07, 6.45) is 1.75. The summed E-state index contributed by atoms with van der Waals surface area (Å²) in [7, 11) is 4.05. The molecular formula is C25H33F3N4O2. The molecule has 1 aromatic carbocycles. The van der Waals surface area contributed by atoms with Gasteiger partial charge in [0.05, 0.1) is 5.56 Å². The molecule has 0 bridgehead atoms. The predicted molar refractivity (Wildman–Crippen MR) is 123 cm³/mol. The van der Waals surface area contributed by atoms with Gasteiger partial charge in [-0.15, -0.1) is 0 Å². The molecule has 1 saturated carbocycles. The second-order valence-corrected chi connectivity index (χ2v) is 10.1. The van der Waals surface area contributed by atoms with Crippen molar-refractivity contribution in [1.82, 2.24) is 14.7 Å². The van der Waals surface area contributed by atoms with Gasteiger partial charge in [-0.2, -0.15) is 13.2 Å². The number of carbonyl (C=O) groups is 2. The maximum Gasteiger partial charge on any atom is 0.416 e. The molecule has 3 aliphatic rings. The molecule has 6 nitrogen and oxygen atoms in total. The highest BCUT2D eigenvalue weighted by Crippen LogP contribution is 2.40. The minimum atomic E-state index is -4.44. The third kappa shape index (κ3) is 5.14. The highest BCUT2D eigenvalue weighted by atomic mass is 19.4. The van der Waals surface area contributed by atoms with Crippen LogP contribution in [0, 0.1) is 5.92 Å². The lowest BCUT2D eigenvalue weighted by Crippen LogP contribution is -2.54. The van der Waals surface area contributed by atoms with Gasteiger partial charge in [0.1, 0.15) is 17.9 Å². The number of hydrogen-bond acceptors (Lipinski definition) is 4. The Balaban J connectivity index is 1.54. The summed E-state index contributed by atoms with van der Waals surface area (Å²) in [6, 6.07) is 4.56. The highest BCUT2D eigenvalue weighted by molar-refractivity contribution is 6.47. The minimum absolute atomic E-state index is 0.0405. The van der Waals surface area contributed by atoms with E-state index in [1.165, 1.54) is 12.1 Å². The van der Waals surface area contributed by atoms with Crippen LogP contribution in [0.5, 0.6) is 0 Å². The van der Waals surface area contributed by atoms with Crippen LogP contribution < -0.4 is 0 Å². The van der Waals surface area contributed by atoms with E-state index in [0.717, 1.165) is 50.8 Å². The Morgan fingerprint density at radius 1 is 1.12 bits per heavy atom. The number of halogens is 3. The van der Waals surface area contributed by atoms with E-state index in [0.29, 0.717) is 37.4 Å². The predicted octanol–water partition coefficient (Wildman–Crippen LogP) is 3.80. The molecule has 1 spiro atoms. The van der Waals surface area contributed by atoms with Gasteiger partial charge in [-0.1, -0.05) is 18.6 Å². The van der Waals surface area contributed by atoms with Gasteiger partial charge in [-0.05, 0) is 70.7 Å². The SMILES string of the molecule is CN(C)CC1CCCN(C(=O)CN2C(=O)C(c3ccc(C(F)(F)F)cc3)=NC23CCCCC3)C1. The van der Waals surface area contributed by atoms with Crippen LogP contribution in [-0.4, -0.2) is 78.2 Å². The molecule has 1 aromatic rings. The zero-order valence-corrected chi connectivity index (χ0v) is 19.9. The fraction of sp³-hybridized carbons (Fsp3) is 0.640. The molecule has 9 heteroatoms. The number of alkyl halides is 3. The molecule has 1 aliphatic carbocycles. The van der Waals surface area contributed by atoms with Gasteiger partial charge in [0.15, 0.2) is 0 Å². The van der Waals surface area contributed by atoms with E-state index in [1.807, 2.05) is 19.0 Å². The lowest BCUT2D eigenvalue weighted by molar-refractivity contribution is -0.142. The maximum atomic E-state index is 13.5. The van der Waals surface area contributed by atoms with Gasteiger partial charge in [-0.3, -0.25) is 14.6 Å². The molecular weight excluding hydrogens is 445 g/mol. The topological polar surface area (TPSA) is 56.2 Å².